The lowest BCUT2D eigenvalue weighted by Gasteiger charge is -2.11. The van der Waals surface area contributed by atoms with Gasteiger partial charge in [-0.05, 0) is 50.0 Å². The number of ether oxygens (including phenoxy) is 3. The fraction of sp³-hybridized carbons (Fsp3) is 0.421. The highest BCUT2D eigenvalue weighted by Crippen LogP contribution is 2.23. The van der Waals surface area contributed by atoms with E-state index in [9.17, 15) is 0 Å². The maximum absolute atomic E-state index is 5.80. The summed E-state index contributed by atoms with van der Waals surface area (Å²) in [4.78, 5) is 4.27. The predicted octanol–water partition coefficient (Wildman–Crippen LogP) is 3.71. The lowest BCUT2D eigenvalue weighted by atomic mass is 10.1. The van der Waals surface area contributed by atoms with Crippen molar-refractivity contribution in [1.29, 1.82) is 0 Å². The Hall–Kier alpha value is -2.43. The Morgan fingerprint density at radius 3 is 2.29 bits per heavy atom. The van der Waals surface area contributed by atoms with Gasteiger partial charge in [-0.25, -0.2) is 4.99 Å². The van der Waals surface area contributed by atoms with Crippen molar-refractivity contribution in [3.63, 3.8) is 0 Å². The van der Waals surface area contributed by atoms with Crippen LogP contribution < -0.4 is 14.8 Å². The summed E-state index contributed by atoms with van der Waals surface area (Å²) in [6.07, 6.45) is 3.44. The number of hydrogen-bond acceptors (Lipinski definition) is 4. The Morgan fingerprint density at radius 2 is 1.79 bits per heavy atom. The Morgan fingerprint density at radius 1 is 1.17 bits per heavy atom. The summed E-state index contributed by atoms with van der Waals surface area (Å²) >= 11 is 0. The SMILES string of the molecule is C=C(C)/C(=C\N=C(/C)NC)OCCCc1cc(OC)cc(OC)c1. The van der Waals surface area contributed by atoms with E-state index in [0.29, 0.717) is 12.4 Å². The van der Waals surface area contributed by atoms with Crippen molar-refractivity contribution in [2.75, 3.05) is 27.9 Å². The van der Waals surface area contributed by atoms with Gasteiger partial charge < -0.3 is 19.5 Å². The van der Waals surface area contributed by atoms with E-state index in [-0.39, 0.29) is 0 Å². The van der Waals surface area contributed by atoms with E-state index in [0.717, 1.165) is 41.3 Å². The third-order valence-corrected chi connectivity index (χ3v) is 3.44. The van der Waals surface area contributed by atoms with Crippen molar-refractivity contribution < 1.29 is 14.2 Å². The second-order valence-corrected chi connectivity index (χ2v) is 5.41. The molecule has 0 aliphatic rings. The molecule has 24 heavy (non-hydrogen) atoms. The van der Waals surface area contributed by atoms with Crippen LogP contribution in [0.1, 0.15) is 25.8 Å². The second kappa shape index (κ2) is 10.4. The number of methoxy groups -OCH3 is 2. The monoisotopic (exact) mass is 332 g/mol. The van der Waals surface area contributed by atoms with Gasteiger partial charge in [0.15, 0.2) is 0 Å². The topological polar surface area (TPSA) is 52.1 Å². The number of nitrogens with zero attached hydrogens (tertiary/aromatic N) is 1. The highest BCUT2D eigenvalue weighted by Gasteiger charge is 2.03. The second-order valence-electron chi connectivity index (χ2n) is 5.41. The summed E-state index contributed by atoms with van der Waals surface area (Å²) in [5.74, 6) is 3.11. The van der Waals surface area contributed by atoms with Gasteiger partial charge in [0.25, 0.3) is 0 Å². The summed E-state index contributed by atoms with van der Waals surface area (Å²) in [6, 6.07) is 5.89. The van der Waals surface area contributed by atoms with Crippen LogP contribution in [0.2, 0.25) is 0 Å². The lowest BCUT2D eigenvalue weighted by molar-refractivity contribution is 0.215. The number of amidine groups is 1. The van der Waals surface area contributed by atoms with Gasteiger partial charge in [-0.3, -0.25) is 0 Å². The zero-order chi connectivity index (χ0) is 17.9. The Kier molecular flexibility index (Phi) is 8.47. The third-order valence-electron chi connectivity index (χ3n) is 3.44. The fourth-order valence-electron chi connectivity index (χ4n) is 1.96. The number of hydrogen-bond donors (Lipinski definition) is 1. The molecule has 0 saturated carbocycles. The average Bonchev–Trinajstić information content (AvgIpc) is 2.59. The van der Waals surface area contributed by atoms with Crippen LogP contribution in [0.15, 0.2) is 47.3 Å². The molecule has 0 atom stereocenters. The minimum Gasteiger partial charge on any atom is -0.497 e. The number of nitrogens with one attached hydrogen (secondary N) is 1. The van der Waals surface area contributed by atoms with Crippen LogP contribution in [0.5, 0.6) is 11.5 Å². The van der Waals surface area contributed by atoms with E-state index in [1.807, 2.05) is 39.1 Å². The van der Waals surface area contributed by atoms with E-state index in [2.05, 4.69) is 16.9 Å². The van der Waals surface area contributed by atoms with Gasteiger partial charge in [0.05, 0.1) is 32.9 Å². The smallest absolute Gasteiger partial charge is 0.139 e. The van der Waals surface area contributed by atoms with E-state index in [4.69, 9.17) is 14.2 Å². The van der Waals surface area contributed by atoms with Crippen LogP contribution in [0.25, 0.3) is 0 Å². The van der Waals surface area contributed by atoms with Gasteiger partial charge in [0, 0.05) is 13.1 Å². The quantitative estimate of drug-likeness (QED) is 0.246. The van der Waals surface area contributed by atoms with Crippen molar-refractivity contribution in [2.45, 2.75) is 26.7 Å². The molecule has 0 aliphatic carbocycles. The van der Waals surface area contributed by atoms with Crippen molar-refractivity contribution in [1.82, 2.24) is 5.32 Å². The molecule has 5 heteroatoms. The molecule has 0 aliphatic heterocycles. The summed E-state index contributed by atoms with van der Waals surface area (Å²) in [6.45, 7) is 8.31. The van der Waals surface area contributed by atoms with Crippen molar-refractivity contribution in [2.24, 2.45) is 4.99 Å². The standard InChI is InChI=1S/C19H28N2O3/c1-14(2)19(13-21-15(3)20-4)24-9-7-8-16-10-17(22-5)12-18(11-16)23-6/h10-13H,1,7-9H2,2-6H3,(H,20,21)/b19-13+. The number of rotatable bonds is 9. The largest absolute Gasteiger partial charge is 0.497 e. The number of benzene rings is 1. The number of allylic oxidation sites excluding steroid dienone is 1. The molecule has 0 aromatic heterocycles. The molecule has 1 N–H and O–H groups in total. The maximum atomic E-state index is 5.80. The van der Waals surface area contributed by atoms with Crippen LogP contribution in [0.3, 0.4) is 0 Å². The minimum absolute atomic E-state index is 0.590. The van der Waals surface area contributed by atoms with E-state index in [1.54, 1.807) is 20.4 Å². The molecule has 5 nitrogen and oxygen atoms in total. The average molecular weight is 332 g/mol. The van der Waals surface area contributed by atoms with Gasteiger partial charge >= 0.3 is 0 Å². The van der Waals surface area contributed by atoms with Gasteiger partial charge in [-0.15, -0.1) is 0 Å². The van der Waals surface area contributed by atoms with E-state index >= 15 is 0 Å². The first-order valence-corrected chi connectivity index (χ1v) is 7.93. The van der Waals surface area contributed by atoms with Crippen LogP contribution in [-0.2, 0) is 11.2 Å². The molecule has 0 bridgehead atoms. The molecular weight excluding hydrogens is 304 g/mol. The fourth-order valence-corrected chi connectivity index (χ4v) is 1.96. The van der Waals surface area contributed by atoms with Crippen molar-refractivity contribution in [3.8, 4) is 11.5 Å². The molecule has 0 spiro atoms. The van der Waals surface area contributed by atoms with Crippen molar-refractivity contribution in [3.05, 3.63) is 47.9 Å². The molecule has 0 unspecified atom stereocenters. The van der Waals surface area contributed by atoms with Crippen LogP contribution >= 0.6 is 0 Å². The van der Waals surface area contributed by atoms with Crippen LogP contribution in [0, 0.1) is 0 Å². The molecule has 0 saturated heterocycles. The molecular formula is C19H28N2O3. The summed E-state index contributed by atoms with van der Waals surface area (Å²) < 4.78 is 16.4. The highest BCUT2D eigenvalue weighted by molar-refractivity contribution is 5.79. The van der Waals surface area contributed by atoms with Crippen LogP contribution in [-0.4, -0.2) is 33.7 Å². The predicted molar refractivity (Wildman–Crippen MR) is 98.9 cm³/mol. The van der Waals surface area contributed by atoms with Crippen molar-refractivity contribution >= 4 is 5.84 Å². The molecule has 1 rings (SSSR count). The molecule has 1 aromatic carbocycles. The lowest BCUT2D eigenvalue weighted by Crippen LogP contribution is -2.12. The van der Waals surface area contributed by atoms with Gasteiger partial charge in [-0.1, -0.05) is 6.58 Å². The Bertz CT molecular complexity index is 584. The van der Waals surface area contributed by atoms with E-state index < -0.39 is 0 Å². The summed E-state index contributed by atoms with van der Waals surface area (Å²) in [5, 5.41) is 2.97. The first-order valence-electron chi connectivity index (χ1n) is 7.93. The zero-order valence-electron chi connectivity index (χ0n) is 15.3. The first-order chi connectivity index (χ1) is 11.5. The number of aliphatic imine (C=N–C) groups is 1. The van der Waals surface area contributed by atoms with Gasteiger partial charge in [0.2, 0.25) is 0 Å². The maximum Gasteiger partial charge on any atom is 0.139 e. The molecule has 0 fully saturated rings. The highest BCUT2D eigenvalue weighted by atomic mass is 16.5. The third kappa shape index (κ3) is 6.77. The minimum atomic E-state index is 0.590. The van der Waals surface area contributed by atoms with Gasteiger partial charge in [0.1, 0.15) is 17.3 Å². The summed E-state index contributed by atoms with van der Waals surface area (Å²) in [7, 11) is 5.13. The molecule has 0 amide bonds. The zero-order valence-corrected chi connectivity index (χ0v) is 15.3. The number of aryl methyl sites for hydroxylation is 1. The Balaban J connectivity index is 2.59. The molecule has 1 aromatic rings. The van der Waals surface area contributed by atoms with Crippen LogP contribution in [0.4, 0.5) is 0 Å². The van der Waals surface area contributed by atoms with E-state index in [1.165, 1.54) is 0 Å². The molecule has 132 valence electrons. The summed E-state index contributed by atoms with van der Waals surface area (Å²) in [5.41, 5.74) is 2.01. The Labute approximate surface area is 145 Å². The first kappa shape index (κ1) is 19.6. The normalized spacial score (nSPS) is 11.9. The molecule has 0 radical (unpaired) electrons. The molecule has 0 heterocycles. The van der Waals surface area contributed by atoms with Gasteiger partial charge in [-0.2, -0.15) is 0 Å².